The van der Waals surface area contributed by atoms with E-state index in [0.29, 0.717) is 0 Å². The lowest BCUT2D eigenvalue weighted by Gasteiger charge is -2.10. The Hall–Kier alpha value is -1.26. The molecule has 0 saturated carbocycles. The molecule has 12 heavy (non-hydrogen) atoms. The number of rotatable bonds is 0. The number of nitrogens with zero attached hydrogens (tertiary/aromatic N) is 1. The van der Waals surface area contributed by atoms with Crippen molar-refractivity contribution in [3.8, 4) is 0 Å². The van der Waals surface area contributed by atoms with Crippen LogP contribution in [0.4, 0.5) is 19.0 Å². The number of nitrogens with two attached hydrogens (primary N) is 1. The van der Waals surface area contributed by atoms with E-state index in [4.69, 9.17) is 5.73 Å². The molecule has 0 aliphatic rings. The summed E-state index contributed by atoms with van der Waals surface area (Å²) in [6.07, 6.45) is -3.16. The molecule has 0 saturated heterocycles. The van der Waals surface area contributed by atoms with Gasteiger partial charge in [-0.25, -0.2) is 4.98 Å². The number of aryl methyl sites for hydroxylation is 1. The third-order valence-corrected chi connectivity index (χ3v) is 1.47. The molecule has 0 amide bonds. The van der Waals surface area contributed by atoms with Crippen LogP contribution < -0.4 is 5.73 Å². The van der Waals surface area contributed by atoms with Crippen molar-refractivity contribution in [3.63, 3.8) is 0 Å². The minimum absolute atomic E-state index is 0.0926. The van der Waals surface area contributed by atoms with E-state index < -0.39 is 17.6 Å². The van der Waals surface area contributed by atoms with Crippen LogP contribution in [0.15, 0.2) is 12.3 Å². The van der Waals surface area contributed by atoms with Gasteiger partial charge in [0.05, 0.1) is 0 Å². The van der Waals surface area contributed by atoms with Crippen LogP contribution in [-0.4, -0.2) is 4.98 Å². The predicted molar refractivity (Wildman–Crippen MR) is 38.4 cm³/mol. The highest BCUT2D eigenvalue weighted by atomic mass is 19.4. The monoisotopic (exact) mass is 176 g/mol. The molecule has 66 valence electrons. The zero-order valence-electron chi connectivity index (χ0n) is 6.31. The minimum Gasteiger partial charge on any atom is -0.383 e. The Bertz CT molecular complexity index is 273. The maximum absolute atomic E-state index is 12.2. The highest BCUT2D eigenvalue weighted by molar-refractivity contribution is 5.45. The van der Waals surface area contributed by atoms with Gasteiger partial charge >= 0.3 is 6.18 Å². The molecule has 0 aliphatic carbocycles. The van der Waals surface area contributed by atoms with Crippen molar-refractivity contribution in [2.75, 3.05) is 5.73 Å². The summed E-state index contributed by atoms with van der Waals surface area (Å²) in [5.74, 6) is -0.470. The van der Waals surface area contributed by atoms with E-state index in [1.54, 1.807) is 0 Å². The van der Waals surface area contributed by atoms with E-state index in [-0.39, 0.29) is 5.56 Å². The Morgan fingerprint density at radius 2 is 2.00 bits per heavy atom. The van der Waals surface area contributed by atoms with Crippen LogP contribution in [0.2, 0.25) is 0 Å². The third-order valence-electron chi connectivity index (χ3n) is 1.47. The highest BCUT2D eigenvalue weighted by Gasteiger charge is 2.35. The molecule has 1 rings (SSSR count). The normalized spacial score (nSPS) is 11.7. The van der Waals surface area contributed by atoms with Crippen molar-refractivity contribution >= 4 is 5.82 Å². The molecular weight excluding hydrogens is 169 g/mol. The quantitative estimate of drug-likeness (QED) is 0.656. The number of pyridine rings is 1. The second-order valence-electron chi connectivity index (χ2n) is 2.39. The first-order valence-corrected chi connectivity index (χ1v) is 3.21. The van der Waals surface area contributed by atoms with Crippen molar-refractivity contribution in [1.29, 1.82) is 0 Å². The van der Waals surface area contributed by atoms with Gasteiger partial charge in [-0.15, -0.1) is 0 Å². The number of hydrogen-bond donors (Lipinski definition) is 1. The van der Waals surface area contributed by atoms with Crippen LogP contribution >= 0.6 is 0 Å². The first-order valence-electron chi connectivity index (χ1n) is 3.21. The first-order chi connectivity index (χ1) is 5.43. The molecule has 0 spiro atoms. The SMILES string of the molecule is Cc1ccnc(N)c1C(F)(F)F. The molecule has 1 aromatic rings. The Kier molecular flexibility index (Phi) is 1.95. The van der Waals surface area contributed by atoms with Crippen molar-refractivity contribution < 1.29 is 13.2 Å². The standard InChI is InChI=1S/C7H7F3N2/c1-4-2-3-12-6(11)5(4)7(8,9)10/h2-3H,1H3,(H2,11,12). The number of aromatic nitrogens is 1. The van der Waals surface area contributed by atoms with E-state index >= 15 is 0 Å². The fraction of sp³-hybridized carbons (Fsp3) is 0.286. The molecule has 0 bridgehead atoms. The summed E-state index contributed by atoms with van der Waals surface area (Å²) in [5, 5.41) is 0. The van der Waals surface area contributed by atoms with Crippen molar-refractivity contribution in [2.24, 2.45) is 0 Å². The molecule has 2 nitrogen and oxygen atoms in total. The average Bonchev–Trinajstić information content (AvgIpc) is 1.82. The van der Waals surface area contributed by atoms with Gasteiger partial charge in [0.25, 0.3) is 0 Å². The fourth-order valence-electron chi connectivity index (χ4n) is 0.948. The van der Waals surface area contributed by atoms with Crippen LogP contribution in [0.25, 0.3) is 0 Å². The summed E-state index contributed by atoms with van der Waals surface area (Å²) in [5.41, 5.74) is 4.33. The van der Waals surface area contributed by atoms with Gasteiger partial charge in [0.2, 0.25) is 0 Å². The summed E-state index contributed by atoms with van der Waals surface area (Å²) in [4.78, 5) is 3.36. The summed E-state index contributed by atoms with van der Waals surface area (Å²) in [6, 6.07) is 1.28. The van der Waals surface area contributed by atoms with Gasteiger partial charge in [-0.05, 0) is 18.6 Å². The Balaban J connectivity index is 3.31. The zero-order valence-corrected chi connectivity index (χ0v) is 6.31. The molecule has 5 heteroatoms. The van der Waals surface area contributed by atoms with Crippen LogP contribution in [0.5, 0.6) is 0 Å². The van der Waals surface area contributed by atoms with Crippen molar-refractivity contribution in [1.82, 2.24) is 4.98 Å². The minimum atomic E-state index is -4.41. The van der Waals surface area contributed by atoms with Gasteiger partial charge < -0.3 is 5.73 Å². The van der Waals surface area contributed by atoms with E-state index in [1.165, 1.54) is 19.2 Å². The molecule has 0 aromatic carbocycles. The van der Waals surface area contributed by atoms with Gasteiger partial charge in [0, 0.05) is 6.20 Å². The smallest absolute Gasteiger partial charge is 0.383 e. The van der Waals surface area contributed by atoms with Gasteiger partial charge in [-0.3, -0.25) is 0 Å². The zero-order chi connectivity index (χ0) is 9.35. The lowest BCUT2D eigenvalue weighted by Crippen LogP contribution is -2.12. The largest absolute Gasteiger partial charge is 0.420 e. The summed E-state index contributed by atoms with van der Waals surface area (Å²) in [7, 11) is 0. The molecule has 1 heterocycles. The molecule has 2 N–H and O–H groups in total. The van der Waals surface area contributed by atoms with E-state index in [2.05, 4.69) is 4.98 Å². The summed E-state index contributed by atoms with van der Waals surface area (Å²) < 4.78 is 36.6. The Morgan fingerprint density at radius 3 is 2.33 bits per heavy atom. The van der Waals surface area contributed by atoms with E-state index in [0.717, 1.165) is 0 Å². The Morgan fingerprint density at radius 1 is 1.42 bits per heavy atom. The van der Waals surface area contributed by atoms with E-state index in [9.17, 15) is 13.2 Å². The number of alkyl halides is 3. The number of hydrogen-bond acceptors (Lipinski definition) is 2. The molecular formula is C7H7F3N2. The predicted octanol–water partition coefficient (Wildman–Crippen LogP) is 1.99. The van der Waals surface area contributed by atoms with Gasteiger partial charge in [0.1, 0.15) is 11.4 Å². The van der Waals surface area contributed by atoms with Crippen LogP contribution in [0, 0.1) is 6.92 Å². The number of anilines is 1. The molecule has 0 fully saturated rings. The van der Waals surface area contributed by atoms with E-state index in [1.807, 2.05) is 0 Å². The van der Waals surface area contributed by atoms with Crippen molar-refractivity contribution in [2.45, 2.75) is 13.1 Å². The van der Waals surface area contributed by atoms with Gasteiger partial charge in [-0.1, -0.05) is 0 Å². The fourth-order valence-corrected chi connectivity index (χ4v) is 0.948. The maximum Gasteiger partial charge on any atom is 0.420 e. The number of nitrogen functional groups attached to an aromatic ring is 1. The number of halogens is 3. The lowest BCUT2D eigenvalue weighted by atomic mass is 10.1. The molecule has 0 unspecified atom stereocenters. The third kappa shape index (κ3) is 1.49. The summed E-state index contributed by atoms with van der Waals surface area (Å²) >= 11 is 0. The van der Waals surface area contributed by atoms with Gasteiger partial charge in [0.15, 0.2) is 0 Å². The van der Waals surface area contributed by atoms with Crippen LogP contribution in [0.1, 0.15) is 11.1 Å². The Labute approximate surface area is 67.2 Å². The van der Waals surface area contributed by atoms with Crippen LogP contribution in [0.3, 0.4) is 0 Å². The van der Waals surface area contributed by atoms with Crippen LogP contribution in [-0.2, 0) is 6.18 Å². The van der Waals surface area contributed by atoms with Gasteiger partial charge in [-0.2, -0.15) is 13.2 Å². The van der Waals surface area contributed by atoms with Crippen molar-refractivity contribution in [3.05, 3.63) is 23.4 Å². The molecule has 0 aliphatic heterocycles. The second-order valence-corrected chi connectivity index (χ2v) is 2.39. The first kappa shape index (κ1) is 8.83. The second kappa shape index (κ2) is 2.66. The molecule has 0 radical (unpaired) electrons. The average molecular weight is 176 g/mol. The maximum atomic E-state index is 12.2. The molecule has 1 aromatic heterocycles. The highest BCUT2D eigenvalue weighted by Crippen LogP contribution is 2.34. The lowest BCUT2D eigenvalue weighted by molar-refractivity contribution is -0.137. The topological polar surface area (TPSA) is 38.9 Å². The molecule has 0 atom stereocenters. The summed E-state index contributed by atoms with van der Waals surface area (Å²) in [6.45, 7) is 1.35.